The van der Waals surface area contributed by atoms with Crippen LogP contribution in [0.1, 0.15) is 85.0 Å². The SMILES string of the molecule is C=CCCCC[CH2][Sn]([CH2]CCC)([CH2]CCC)[CH2]CCC. The first-order valence-electron chi connectivity index (χ1n) is 9.35. The van der Waals surface area contributed by atoms with Crippen molar-refractivity contribution in [3.63, 3.8) is 0 Å². The fourth-order valence-corrected chi connectivity index (χ4v) is 20.0. The Morgan fingerprint density at radius 3 is 1.50 bits per heavy atom. The van der Waals surface area contributed by atoms with Gasteiger partial charge in [-0.3, -0.25) is 0 Å². The molecule has 0 fully saturated rings. The maximum atomic E-state index is 3.84. The molecule has 0 rings (SSSR count). The van der Waals surface area contributed by atoms with Gasteiger partial charge in [-0.15, -0.1) is 0 Å². The predicted molar refractivity (Wildman–Crippen MR) is 98.4 cm³/mol. The van der Waals surface area contributed by atoms with Crippen molar-refractivity contribution in [2.45, 2.75) is 103 Å². The summed E-state index contributed by atoms with van der Waals surface area (Å²) in [5.41, 5.74) is 0. The van der Waals surface area contributed by atoms with E-state index in [1.165, 1.54) is 64.2 Å². The van der Waals surface area contributed by atoms with Crippen molar-refractivity contribution >= 4 is 18.4 Å². The topological polar surface area (TPSA) is 0 Å². The van der Waals surface area contributed by atoms with Gasteiger partial charge >= 0.3 is 134 Å². The van der Waals surface area contributed by atoms with E-state index in [0.29, 0.717) is 0 Å². The Morgan fingerprint density at radius 2 is 1.10 bits per heavy atom. The summed E-state index contributed by atoms with van der Waals surface area (Å²) in [4.78, 5) is 0. The summed E-state index contributed by atoms with van der Waals surface area (Å²) >= 11 is -1.77. The van der Waals surface area contributed by atoms with Crippen LogP contribution in [0, 0.1) is 0 Å². The average Bonchev–Trinajstić information content (AvgIpc) is 2.48. The minimum absolute atomic E-state index is 1.22. The summed E-state index contributed by atoms with van der Waals surface area (Å²) in [6.45, 7) is 11.0. The van der Waals surface area contributed by atoms with Gasteiger partial charge in [-0.2, -0.15) is 0 Å². The van der Waals surface area contributed by atoms with Gasteiger partial charge in [-0.05, 0) is 0 Å². The zero-order valence-electron chi connectivity index (χ0n) is 14.7. The molecule has 0 bridgehead atoms. The first-order valence-corrected chi connectivity index (χ1v) is 17.4. The standard InChI is InChI=1S/C7H13.3C4H9.Sn/c1-3-5-7-6-4-2;3*1-3-4-2;/h3H,1-2,4-7H2;3*1,3-4H2,2H3;. The summed E-state index contributed by atoms with van der Waals surface area (Å²) in [5, 5.41) is 0. The normalized spacial score (nSPS) is 11.8. The fraction of sp³-hybridized carbons (Fsp3) is 0.895. The van der Waals surface area contributed by atoms with Gasteiger partial charge in [0.25, 0.3) is 0 Å². The molecule has 0 aliphatic rings. The zero-order valence-corrected chi connectivity index (χ0v) is 17.5. The Bertz CT molecular complexity index is 188. The molecule has 0 aromatic carbocycles. The average molecular weight is 387 g/mol. The molecule has 0 aliphatic heterocycles. The second-order valence-corrected chi connectivity index (χ2v) is 21.0. The molecule has 0 atom stereocenters. The fourth-order valence-electron chi connectivity index (χ4n) is 3.37. The Balaban J connectivity index is 4.37. The van der Waals surface area contributed by atoms with E-state index in [-0.39, 0.29) is 0 Å². The molecule has 0 saturated carbocycles. The summed E-state index contributed by atoms with van der Waals surface area (Å²) in [6.07, 6.45) is 16.5. The molecule has 0 radical (unpaired) electrons. The van der Waals surface area contributed by atoms with Crippen LogP contribution in [0.2, 0.25) is 17.7 Å². The second-order valence-electron chi connectivity index (χ2n) is 6.70. The van der Waals surface area contributed by atoms with Gasteiger partial charge < -0.3 is 0 Å². The van der Waals surface area contributed by atoms with Crippen molar-refractivity contribution in [2.24, 2.45) is 0 Å². The van der Waals surface area contributed by atoms with E-state index in [4.69, 9.17) is 0 Å². The van der Waals surface area contributed by atoms with E-state index in [1.54, 1.807) is 17.7 Å². The zero-order chi connectivity index (χ0) is 15.1. The first-order chi connectivity index (χ1) is 9.74. The van der Waals surface area contributed by atoms with Gasteiger partial charge in [-0.25, -0.2) is 0 Å². The van der Waals surface area contributed by atoms with Gasteiger partial charge in [0, 0.05) is 0 Å². The first kappa shape index (κ1) is 20.5. The van der Waals surface area contributed by atoms with Crippen molar-refractivity contribution in [1.82, 2.24) is 0 Å². The molecule has 0 aliphatic carbocycles. The van der Waals surface area contributed by atoms with Gasteiger partial charge in [0.15, 0.2) is 0 Å². The molecular formula is C19H40Sn. The summed E-state index contributed by atoms with van der Waals surface area (Å²) in [5.74, 6) is 0. The van der Waals surface area contributed by atoms with Crippen LogP contribution in [0.5, 0.6) is 0 Å². The Labute approximate surface area is 133 Å². The van der Waals surface area contributed by atoms with Crippen LogP contribution in [0.25, 0.3) is 0 Å². The van der Waals surface area contributed by atoms with Crippen molar-refractivity contribution in [1.29, 1.82) is 0 Å². The number of hydrogen-bond acceptors (Lipinski definition) is 0. The summed E-state index contributed by atoms with van der Waals surface area (Å²) in [7, 11) is 0. The third-order valence-electron chi connectivity index (χ3n) is 4.80. The minimum atomic E-state index is -1.77. The van der Waals surface area contributed by atoms with E-state index in [9.17, 15) is 0 Å². The molecule has 0 aromatic rings. The molecule has 0 nitrogen and oxygen atoms in total. The third-order valence-corrected chi connectivity index (χ3v) is 20.9. The molecule has 0 N–H and O–H groups in total. The molecule has 120 valence electrons. The van der Waals surface area contributed by atoms with Gasteiger partial charge in [-0.1, -0.05) is 0 Å². The van der Waals surface area contributed by atoms with Crippen molar-refractivity contribution in [3.8, 4) is 0 Å². The molecule has 0 spiro atoms. The van der Waals surface area contributed by atoms with Crippen LogP contribution in [0.15, 0.2) is 12.7 Å². The molecule has 0 amide bonds. The molecular weight excluding hydrogens is 347 g/mol. The quantitative estimate of drug-likeness (QED) is 0.154. The Hall–Kier alpha value is 0.539. The molecule has 20 heavy (non-hydrogen) atoms. The van der Waals surface area contributed by atoms with Crippen LogP contribution < -0.4 is 0 Å². The monoisotopic (exact) mass is 388 g/mol. The Morgan fingerprint density at radius 1 is 0.650 bits per heavy atom. The molecule has 0 aromatic heterocycles. The van der Waals surface area contributed by atoms with E-state index >= 15 is 0 Å². The van der Waals surface area contributed by atoms with Crippen LogP contribution in [-0.2, 0) is 0 Å². The number of rotatable bonds is 15. The molecule has 0 saturated heterocycles. The maximum absolute atomic E-state index is 3.84. The van der Waals surface area contributed by atoms with Crippen molar-refractivity contribution in [3.05, 3.63) is 12.7 Å². The second kappa shape index (κ2) is 14.5. The third kappa shape index (κ3) is 10.3. The van der Waals surface area contributed by atoms with E-state index in [0.717, 1.165) is 0 Å². The van der Waals surface area contributed by atoms with E-state index in [2.05, 4.69) is 33.4 Å². The molecule has 0 heterocycles. The van der Waals surface area contributed by atoms with Gasteiger partial charge in [0.2, 0.25) is 0 Å². The van der Waals surface area contributed by atoms with E-state index in [1.807, 2.05) is 0 Å². The predicted octanol–water partition coefficient (Wildman–Crippen LogP) is 7.58. The van der Waals surface area contributed by atoms with Crippen LogP contribution >= 0.6 is 0 Å². The van der Waals surface area contributed by atoms with Crippen LogP contribution in [0.3, 0.4) is 0 Å². The summed E-state index contributed by atoms with van der Waals surface area (Å²) in [6, 6.07) is 0. The number of unbranched alkanes of at least 4 members (excludes halogenated alkanes) is 6. The number of hydrogen-bond donors (Lipinski definition) is 0. The Kier molecular flexibility index (Phi) is 14.9. The van der Waals surface area contributed by atoms with E-state index < -0.39 is 18.4 Å². The molecule has 1 heteroatoms. The number of allylic oxidation sites excluding steroid dienone is 1. The van der Waals surface area contributed by atoms with Crippen molar-refractivity contribution < 1.29 is 0 Å². The van der Waals surface area contributed by atoms with Gasteiger partial charge in [0.05, 0.1) is 0 Å². The van der Waals surface area contributed by atoms with Crippen LogP contribution in [0.4, 0.5) is 0 Å². The molecule has 0 unspecified atom stereocenters. The van der Waals surface area contributed by atoms with Gasteiger partial charge in [0.1, 0.15) is 0 Å². The summed E-state index contributed by atoms with van der Waals surface area (Å²) < 4.78 is 6.75. The van der Waals surface area contributed by atoms with Crippen LogP contribution in [-0.4, -0.2) is 18.4 Å². The van der Waals surface area contributed by atoms with Crippen molar-refractivity contribution in [2.75, 3.05) is 0 Å².